The van der Waals surface area contributed by atoms with Gasteiger partial charge in [-0.05, 0) is 38.3 Å². The third kappa shape index (κ3) is 3.81. The average Bonchev–Trinajstić information content (AvgIpc) is 2.31. The fourth-order valence-electron chi connectivity index (χ4n) is 2.60. The number of anilines is 1. The van der Waals surface area contributed by atoms with Crippen LogP contribution in [0.25, 0.3) is 0 Å². The third-order valence-electron chi connectivity index (χ3n) is 3.98. The van der Waals surface area contributed by atoms with Gasteiger partial charge in [-0.15, -0.1) is 0 Å². The molecule has 20 heavy (non-hydrogen) atoms. The average molecular weight is 276 g/mol. The number of carbonyl (C=O) groups excluding carboxylic acids is 1. The molecule has 110 valence electrons. The van der Waals surface area contributed by atoms with Crippen LogP contribution >= 0.6 is 0 Å². The molecule has 1 aliphatic carbocycles. The van der Waals surface area contributed by atoms with Crippen molar-refractivity contribution in [1.29, 1.82) is 0 Å². The summed E-state index contributed by atoms with van der Waals surface area (Å²) in [4.78, 5) is 14.2. The second-order valence-electron chi connectivity index (χ2n) is 5.65. The lowest BCUT2D eigenvalue weighted by Crippen LogP contribution is -2.45. The van der Waals surface area contributed by atoms with Crippen molar-refractivity contribution in [2.45, 2.75) is 39.2 Å². The van der Waals surface area contributed by atoms with E-state index in [4.69, 9.17) is 5.11 Å². The molecule has 0 aliphatic heterocycles. The highest BCUT2D eigenvalue weighted by molar-refractivity contribution is 5.93. The van der Waals surface area contributed by atoms with E-state index in [0.29, 0.717) is 19.1 Å². The summed E-state index contributed by atoms with van der Waals surface area (Å²) in [6, 6.07) is 6.47. The number of rotatable bonds is 6. The molecular formula is C16H24N2O2. The summed E-state index contributed by atoms with van der Waals surface area (Å²) in [5, 5.41) is 12.1. The molecule has 0 atom stereocenters. The van der Waals surface area contributed by atoms with Gasteiger partial charge in [0.25, 0.3) is 0 Å². The zero-order valence-electron chi connectivity index (χ0n) is 12.4. The van der Waals surface area contributed by atoms with Crippen LogP contribution < -0.4 is 5.32 Å². The predicted molar refractivity (Wildman–Crippen MR) is 80.8 cm³/mol. The van der Waals surface area contributed by atoms with Gasteiger partial charge in [-0.25, -0.2) is 0 Å². The summed E-state index contributed by atoms with van der Waals surface area (Å²) in [5.74, 6) is -0.00250. The Balaban J connectivity index is 1.93. The molecule has 1 amide bonds. The fraction of sp³-hybridized carbons (Fsp3) is 0.562. The Hall–Kier alpha value is -1.39. The fourth-order valence-corrected chi connectivity index (χ4v) is 2.60. The lowest BCUT2D eigenvalue weighted by molar-refractivity contribution is -0.118. The molecule has 1 fully saturated rings. The van der Waals surface area contributed by atoms with Gasteiger partial charge >= 0.3 is 0 Å². The van der Waals surface area contributed by atoms with Gasteiger partial charge in [-0.1, -0.05) is 24.1 Å². The molecule has 1 aromatic rings. The van der Waals surface area contributed by atoms with Crippen molar-refractivity contribution in [3.63, 3.8) is 0 Å². The maximum Gasteiger partial charge on any atom is 0.238 e. The van der Waals surface area contributed by atoms with Gasteiger partial charge < -0.3 is 10.4 Å². The Morgan fingerprint density at radius 2 is 2.15 bits per heavy atom. The molecule has 0 saturated heterocycles. The molecule has 1 saturated carbocycles. The monoisotopic (exact) mass is 276 g/mol. The van der Waals surface area contributed by atoms with Crippen LogP contribution in [0.15, 0.2) is 18.2 Å². The number of nitrogens with one attached hydrogen (secondary N) is 1. The van der Waals surface area contributed by atoms with Crippen molar-refractivity contribution >= 4 is 11.6 Å². The van der Waals surface area contributed by atoms with Crippen molar-refractivity contribution in [1.82, 2.24) is 4.90 Å². The molecule has 0 spiro atoms. The van der Waals surface area contributed by atoms with Crippen LogP contribution in [0.3, 0.4) is 0 Å². The van der Waals surface area contributed by atoms with E-state index in [2.05, 4.69) is 16.3 Å². The van der Waals surface area contributed by atoms with Crippen LogP contribution in [0.1, 0.15) is 30.4 Å². The largest absolute Gasteiger partial charge is 0.395 e. The van der Waals surface area contributed by atoms with Crippen molar-refractivity contribution in [3.05, 3.63) is 29.3 Å². The number of aliphatic hydroxyl groups is 1. The highest BCUT2D eigenvalue weighted by Crippen LogP contribution is 2.24. The van der Waals surface area contributed by atoms with Crippen LogP contribution in [-0.4, -0.2) is 41.7 Å². The number of aryl methyl sites for hydroxylation is 2. The second-order valence-corrected chi connectivity index (χ2v) is 5.65. The zero-order valence-corrected chi connectivity index (χ0v) is 12.4. The van der Waals surface area contributed by atoms with E-state index in [1.54, 1.807) is 0 Å². The Kier molecular flexibility index (Phi) is 5.15. The summed E-state index contributed by atoms with van der Waals surface area (Å²) in [6.45, 7) is 5.08. The van der Waals surface area contributed by atoms with Gasteiger partial charge in [0.05, 0.1) is 13.2 Å². The van der Waals surface area contributed by atoms with Crippen molar-refractivity contribution in [3.8, 4) is 0 Å². The maximum absolute atomic E-state index is 12.1. The van der Waals surface area contributed by atoms with E-state index in [-0.39, 0.29) is 12.5 Å². The summed E-state index contributed by atoms with van der Waals surface area (Å²) in [6.07, 6.45) is 3.50. The standard InChI is InChI=1S/C16H24N2O2/c1-12-6-7-15(13(2)10-12)17-16(20)11-18(8-9-19)14-4-3-5-14/h6-7,10,14,19H,3-5,8-9,11H2,1-2H3,(H,17,20). The topological polar surface area (TPSA) is 52.6 Å². The van der Waals surface area contributed by atoms with Crippen LogP contribution in [0.2, 0.25) is 0 Å². The molecule has 2 rings (SSSR count). The normalized spacial score (nSPS) is 15.2. The SMILES string of the molecule is Cc1ccc(NC(=O)CN(CCO)C2CCC2)c(C)c1. The Morgan fingerprint density at radius 1 is 1.40 bits per heavy atom. The molecule has 0 heterocycles. The lowest BCUT2D eigenvalue weighted by atomic mass is 9.91. The van der Waals surface area contributed by atoms with Crippen molar-refractivity contribution < 1.29 is 9.90 Å². The minimum Gasteiger partial charge on any atom is -0.395 e. The first kappa shape index (κ1) is 15.0. The second kappa shape index (κ2) is 6.86. The van der Waals surface area contributed by atoms with Crippen LogP contribution in [0, 0.1) is 13.8 Å². The van der Waals surface area contributed by atoms with Gasteiger partial charge in [-0.2, -0.15) is 0 Å². The first-order chi connectivity index (χ1) is 9.60. The molecule has 4 heteroatoms. The first-order valence-electron chi connectivity index (χ1n) is 7.32. The molecule has 0 aromatic heterocycles. The van der Waals surface area contributed by atoms with Crippen molar-refractivity contribution in [2.24, 2.45) is 0 Å². The van der Waals surface area contributed by atoms with Gasteiger partial charge in [0.1, 0.15) is 0 Å². The smallest absolute Gasteiger partial charge is 0.238 e. The Bertz CT molecular complexity index is 470. The van der Waals surface area contributed by atoms with Gasteiger partial charge in [0, 0.05) is 18.3 Å². The van der Waals surface area contributed by atoms with E-state index in [1.165, 1.54) is 12.0 Å². The molecule has 0 bridgehead atoms. The number of aliphatic hydroxyl groups excluding tert-OH is 1. The molecular weight excluding hydrogens is 252 g/mol. The Labute approximate surface area is 120 Å². The molecule has 0 unspecified atom stereocenters. The quantitative estimate of drug-likeness (QED) is 0.836. The van der Waals surface area contributed by atoms with Gasteiger partial charge in [0.15, 0.2) is 0 Å². The van der Waals surface area contributed by atoms with Crippen LogP contribution in [0.4, 0.5) is 5.69 Å². The zero-order chi connectivity index (χ0) is 14.5. The highest BCUT2D eigenvalue weighted by Gasteiger charge is 2.26. The first-order valence-corrected chi connectivity index (χ1v) is 7.32. The number of benzene rings is 1. The molecule has 1 aliphatic rings. The number of hydrogen-bond donors (Lipinski definition) is 2. The van der Waals surface area contributed by atoms with E-state index < -0.39 is 0 Å². The molecule has 4 nitrogen and oxygen atoms in total. The highest BCUT2D eigenvalue weighted by atomic mass is 16.3. The number of nitrogens with zero attached hydrogens (tertiary/aromatic N) is 1. The van der Waals surface area contributed by atoms with Gasteiger partial charge in [0.2, 0.25) is 5.91 Å². The van der Waals surface area contributed by atoms with Gasteiger partial charge in [-0.3, -0.25) is 9.69 Å². The lowest BCUT2D eigenvalue weighted by Gasteiger charge is -2.36. The van der Waals surface area contributed by atoms with E-state index in [9.17, 15) is 4.79 Å². The number of hydrogen-bond acceptors (Lipinski definition) is 3. The van der Waals surface area contributed by atoms with Crippen LogP contribution in [-0.2, 0) is 4.79 Å². The summed E-state index contributed by atoms with van der Waals surface area (Å²) in [5.41, 5.74) is 3.14. The van der Waals surface area contributed by atoms with E-state index in [0.717, 1.165) is 24.1 Å². The number of amides is 1. The third-order valence-corrected chi connectivity index (χ3v) is 3.98. The van der Waals surface area contributed by atoms with E-state index in [1.807, 2.05) is 26.0 Å². The molecule has 0 radical (unpaired) electrons. The van der Waals surface area contributed by atoms with E-state index >= 15 is 0 Å². The Morgan fingerprint density at radius 3 is 2.70 bits per heavy atom. The summed E-state index contributed by atoms with van der Waals surface area (Å²) >= 11 is 0. The molecule has 2 N–H and O–H groups in total. The molecule has 1 aromatic carbocycles. The predicted octanol–water partition coefficient (Wildman–Crippen LogP) is 2.09. The minimum atomic E-state index is -0.00250. The minimum absolute atomic E-state index is 0.00250. The summed E-state index contributed by atoms with van der Waals surface area (Å²) < 4.78 is 0. The van der Waals surface area contributed by atoms with Crippen LogP contribution in [0.5, 0.6) is 0 Å². The van der Waals surface area contributed by atoms with Crippen molar-refractivity contribution in [2.75, 3.05) is 25.0 Å². The summed E-state index contributed by atoms with van der Waals surface area (Å²) in [7, 11) is 0. The number of carbonyl (C=O) groups is 1. The maximum atomic E-state index is 12.1.